The lowest BCUT2D eigenvalue weighted by molar-refractivity contribution is -0.147. The van der Waals surface area contributed by atoms with E-state index in [-0.39, 0.29) is 43.7 Å². The Morgan fingerprint density at radius 3 is 2.02 bits per heavy atom. The molecule has 2 unspecified atom stereocenters. The summed E-state index contributed by atoms with van der Waals surface area (Å²) >= 11 is 0. The Labute approximate surface area is 311 Å². The highest BCUT2D eigenvalue weighted by atomic mass is 33.1. The molecule has 4 rings (SSSR count). The monoisotopic (exact) mass is 735 g/mol. The predicted molar refractivity (Wildman–Crippen MR) is 206 cm³/mol. The van der Waals surface area contributed by atoms with E-state index in [1.165, 1.54) is 25.5 Å². The van der Waals surface area contributed by atoms with Crippen LogP contribution in [-0.4, -0.2) is 62.6 Å². The summed E-state index contributed by atoms with van der Waals surface area (Å²) in [5.41, 5.74) is 1.78. The second kappa shape index (κ2) is 21.8. The van der Waals surface area contributed by atoms with E-state index in [9.17, 15) is 14.4 Å². The lowest BCUT2D eigenvalue weighted by Crippen LogP contribution is -2.35. The van der Waals surface area contributed by atoms with Crippen LogP contribution in [0.3, 0.4) is 0 Å². The fraction of sp³-hybridized carbons (Fsp3) is 0.488. The van der Waals surface area contributed by atoms with Crippen LogP contribution in [0.15, 0.2) is 78.9 Å². The summed E-state index contributed by atoms with van der Waals surface area (Å²) in [6, 6.07) is 25.9. The molecule has 1 heterocycles. The van der Waals surface area contributed by atoms with Crippen LogP contribution in [0.2, 0.25) is 0 Å². The molecule has 1 N–H and O–H groups in total. The second-order valence-electron chi connectivity index (χ2n) is 13.0. The zero-order valence-corrected chi connectivity index (χ0v) is 31.9. The summed E-state index contributed by atoms with van der Waals surface area (Å²) < 4.78 is 23.8. The number of hydrogen-bond donors (Lipinski definition) is 1. The van der Waals surface area contributed by atoms with Crippen LogP contribution in [0, 0.1) is 5.92 Å². The van der Waals surface area contributed by atoms with Crippen molar-refractivity contribution >= 4 is 39.2 Å². The van der Waals surface area contributed by atoms with Gasteiger partial charge in [-0.05, 0) is 80.0 Å². The summed E-state index contributed by atoms with van der Waals surface area (Å²) in [6.07, 6.45) is 7.61. The number of hydrogen-bond acceptors (Lipinski definition) is 9. The van der Waals surface area contributed by atoms with E-state index in [4.69, 9.17) is 18.9 Å². The van der Waals surface area contributed by atoms with Crippen molar-refractivity contribution in [3.05, 3.63) is 95.6 Å². The summed E-state index contributed by atoms with van der Waals surface area (Å²) in [4.78, 5) is 36.6. The number of nitrogens with one attached hydrogen (secondary N) is 1. The quantitative estimate of drug-likeness (QED) is 0.0445. The van der Waals surface area contributed by atoms with Crippen molar-refractivity contribution in [3.8, 4) is 11.5 Å². The second-order valence-corrected chi connectivity index (χ2v) is 15.8. The van der Waals surface area contributed by atoms with Gasteiger partial charge in [-0.1, -0.05) is 89.0 Å². The van der Waals surface area contributed by atoms with Crippen LogP contribution < -0.4 is 14.8 Å². The highest BCUT2D eigenvalue weighted by molar-refractivity contribution is 8.77. The van der Waals surface area contributed by atoms with Gasteiger partial charge in [0.15, 0.2) is 0 Å². The first-order chi connectivity index (χ1) is 24.8. The molecule has 1 fully saturated rings. The number of rotatable bonds is 23. The molecule has 0 aliphatic carbocycles. The largest absolute Gasteiger partial charge is 0.497 e. The van der Waals surface area contributed by atoms with Gasteiger partial charge in [0.25, 0.3) is 0 Å². The van der Waals surface area contributed by atoms with Crippen molar-refractivity contribution in [2.45, 2.75) is 82.0 Å². The first-order valence-corrected chi connectivity index (χ1v) is 20.4. The fourth-order valence-electron chi connectivity index (χ4n) is 6.19. The van der Waals surface area contributed by atoms with Crippen LogP contribution in [0.4, 0.5) is 0 Å². The summed E-state index contributed by atoms with van der Waals surface area (Å²) in [5.74, 6) is 2.24. The number of carbonyl (C=O) groups excluding carboxylic acids is 3. The molecular formula is C41H53NO7S2. The first-order valence-electron chi connectivity index (χ1n) is 18.0. The Bertz CT molecular complexity index is 1430. The number of amides is 1. The number of esters is 1. The van der Waals surface area contributed by atoms with Gasteiger partial charge in [0, 0.05) is 36.3 Å². The van der Waals surface area contributed by atoms with E-state index in [0.717, 1.165) is 65.5 Å². The molecule has 0 radical (unpaired) electrons. The fourth-order valence-corrected chi connectivity index (χ4v) is 9.22. The molecule has 51 heavy (non-hydrogen) atoms. The highest BCUT2D eigenvalue weighted by Gasteiger charge is 2.38. The van der Waals surface area contributed by atoms with Crippen molar-refractivity contribution in [2.24, 2.45) is 5.92 Å². The molecule has 1 saturated heterocycles. The number of carbonyl (C=O) groups is 3. The third kappa shape index (κ3) is 12.9. The zero-order chi connectivity index (χ0) is 36.3. The number of methoxy groups -OCH3 is 2. The number of ether oxygens (including phenoxy) is 4. The SMILES string of the molecule is COc1ccc(C(OCC(CCCCNC(=O)CCCCC2CCSS2)COC(=O)CCC(C)=O)(c2ccccc2)c2ccc(OC)cc2)cc1. The van der Waals surface area contributed by atoms with Crippen LogP contribution in [0.5, 0.6) is 11.5 Å². The molecule has 1 aliphatic heterocycles. The molecule has 2 atom stereocenters. The Morgan fingerprint density at radius 1 is 0.784 bits per heavy atom. The predicted octanol–water partition coefficient (Wildman–Crippen LogP) is 8.54. The molecule has 276 valence electrons. The molecule has 3 aromatic carbocycles. The van der Waals surface area contributed by atoms with E-state index < -0.39 is 11.6 Å². The summed E-state index contributed by atoms with van der Waals surface area (Å²) in [5, 5.41) is 3.83. The first kappa shape index (κ1) is 40.3. The Balaban J connectivity index is 1.46. The van der Waals surface area contributed by atoms with Crippen LogP contribution in [0.1, 0.15) is 87.8 Å². The molecule has 1 amide bonds. The Hall–Kier alpha value is -3.47. The average molecular weight is 736 g/mol. The number of Topliss-reactive ketones (excluding diaryl/α,β-unsaturated/α-hetero) is 1. The minimum absolute atomic E-state index is 0.0487. The number of unbranched alkanes of at least 4 members (excludes halogenated alkanes) is 2. The van der Waals surface area contributed by atoms with E-state index >= 15 is 0 Å². The molecule has 3 aromatic rings. The molecule has 0 aromatic heterocycles. The zero-order valence-electron chi connectivity index (χ0n) is 30.2. The highest BCUT2D eigenvalue weighted by Crippen LogP contribution is 2.42. The van der Waals surface area contributed by atoms with Gasteiger partial charge >= 0.3 is 5.97 Å². The van der Waals surface area contributed by atoms with Crippen molar-refractivity contribution in [3.63, 3.8) is 0 Å². The van der Waals surface area contributed by atoms with Gasteiger partial charge in [0.05, 0.1) is 33.9 Å². The maximum atomic E-state index is 12.6. The van der Waals surface area contributed by atoms with Gasteiger partial charge in [-0.2, -0.15) is 0 Å². The van der Waals surface area contributed by atoms with E-state index in [1.807, 2.05) is 88.3 Å². The van der Waals surface area contributed by atoms with Gasteiger partial charge in [-0.3, -0.25) is 9.59 Å². The normalized spacial score (nSPS) is 14.8. The molecule has 10 heteroatoms. The van der Waals surface area contributed by atoms with Crippen molar-refractivity contribution < 1.29 is 33.3 Å². The maximum Gasteiger partial charge on any atom is 0.306 e. The standard InChI is InChI=1S/C41H53NO7S2/c1-31(43)16-25-40(45)48-29-32(11-9-10-27-42-39(44)15-8-7-14-38-26-28-50-51-38)30-49-41(33-12-5-4-6-13-33,34-17-21-36(46-2)22-18-34)35-19-23-37(47-3)24-20-35/h4-6,12-13,17-24,32,38H,7-11,14-16,25-30H2,1-3H3,(H,42,44). The molecule has 0 bridgehead atoms. The molecular weight excluding hydrogens is 683 g/mol. The van der Waals surface area contributed by atoms with Gasteiger partial charge in [0.2, 0.25) is 5.91 Å². The number of ketones is 1. The smallest absolute Gasteiger partial charge is 0.306 e. The van der Waals surface area contributed by atoms with Crippen LogP contribution in [0.25, 0.3) is 0 Å². The lowest BCUT2D eigenvalue weighted by atomic mass is 9.79. The van der Waals surface area contributed by atoms with E-state index in [2.05, 4.69) is 17.4 Å². The molecule has 8 nitrogen and oxygen atoms in total. The minimum atomic E-state index is -1.00. The average Bonchev–Trinajstić information content (AvgIpc) is 3.69. The summed E-state index contributed by atoms with van der Waals surface area (Å²) in [7, 11) is 7.24. The van der Waals surface area contributed by atoms with Gasteiger partial charge in [0.1, 0.15) is 22.9 Å². The van der Waals surface area contributed by atoms with Crippen molar-refractivity contribution in [1.82, 2.24) is 5.32 Å². The van der Waals surface area contributed by atoms with Crippen molar-refractivity contribution in [2.75, 3.05) is 39.7 Å². The Kier molecular flexibility index (Phi) is 17.2. The third-order valence-corrected chi connectivity index (χ3v) is 12.1. The Morgan fingerprint density at radius 2 is 1.43 bits per heavy atom. The topological polar surface area (TPSA) is 100 Å². The van der Waals surface area contributed by atoms with Crippen LogP contribution in [-0.2, 0) is 29.5 Å². The summed E-state index contributed by atoms with van der Waals surface area (Å²) in [6.45, 7) is 2.53. The maximum absolute atomic E-state index is 12.6. The van der Waals surface area contributed by atoms with Gasteiger partial charge < -0.3 is 29.1 Å². The van der Waals surface area contributed by atoms with Gasteiger partial charge in [-0.15, -0.1) is 0 Å². The minimum Gasteiger partial charge on any atom is -0.497 e. The molecule has 1 aliphatic rings. The third-order valence-electron chi connectivity index (χ3n) is 9.14. The lowest BCUT2D eigenvalue weighted by Gasteiger charge is -2.37. The van der Waals surface area contributed by atoms with Crippen molar-refractivity contribution in [1.29, 1.82) is 0 Å². The number of benzene rings is 3. The molecule has 0 saturated carbocycles. The molecule has 0 spiro atoms. The van der Waals surface area contributed by atoms with Gasteiger partial charge in [-0.25, -0.2) is 0 Å². The van der Waals surface area contributed by atoms with Crippen LogP contribution >= 0.6 is 21.6 Å². The van der Waals surface area contributed by atoms with E-state index in [0.29, 0.717) is 13.0 Å². The van der Waals surface area contributed by atoms with E-state index in [1.54, 1.807) is 14.2 Å².